The molecule has 0 saturated heterocycles. The van der Waals surface area contributed by atoms with Gasteiger partial charge in [-0.25, -0.2) is 4.98 Å². The van der Waals surface area contributed by atoms with Crippen molar-refractivity contribution in [2.75, 3.05) is 16.4 Å². The van der Waals surface area contributed by atoms with Gasteiger partial charge >= 0.3 is 0 Å². The first-order valence-corrected chi connectivity index (χ1v) is 15.7. The summed E-state index contributed by atoms with van der Waals surface area (Å²) in [7, 11) is 0. The number of aromatic nitrogens is 1. The fraction of sp³-hybridized carbons (Fsp3) is 0.0625. The maximum Gasteiger partial charge on any atom is 0.272 e. The molecule has 8 nitrogen and oxygen atoms in total. The second kappa shape index (κ2) is 14.1. The zero-order valence-corrected chi connectivity index (χ0v) is 26.0. The second-order valence-corrected chi connectivity index (χ2v) is 12.0. The zero-order valence-electron chi connectivity index (χ0n) is 22.8. The molecular weight excluding hydrogens is 648 g/mol. The third kappa shape index (κ3) is 8.54. The summed E-state index contributed by atoms with van der Waals surface area (Å²) < 4.78 is 6.92. The van der Waals surface area contributed by atoms with Crippen molar-refractivity contribution in [1.29, 1.82) is 0 Å². The average Bonchev–Trinajstić information content (AvgIpc) is 3.65. The number of benzene rings is 3. The molecule has 43 heavy (non-hydrogen) atoms. The van der Waals surface area contributed by atoms with Crippen molar-refractivity contribution in [1.82, 2.24) is 10.3 Å². The Hall–Kier alpha value is -4.45. The molecule has 11 heteroatoms. The van der Waals surface area contributed by atoms with Crippen LogP contribution in [0.1, 0.15) is 21.8 Å². The lowest BCUT2D eigenvalue weighted by molar-refractivity contribution is -0.114. The number of nitrogens with one attached hydrogen (secondary N) is 3. The molecule has 0 spiro atoms. The van der Waals surface area contributed by atoms with Crippen LogP contribution < -0.4 is 16.0 Å². The van der Waals surface area contributed by atoms with Gasteiger partial charge in [-0.2, -0.15) is 0 Å². The molecule has 0 saturated carbocycles. The summed E-state index contributed by atoms with van der Waals surface area (Å²) in [6.07, 6.45) is 1.49. The summed E-state index contributed by atoms with van der Waals surface area (Å²) in [6.45, 7) is 1.87. The molecule has 2 aromatic heterocycles. The van der Waals surface area contributed by atoms with E-state index in [2.05, 4.69) is 36.9 Å². The molecule has 0 radical (unpaired) electrons. The van der Waals surface area contributed by atoms with E-state index < -0.39 is 11.8 Å². The SMILES string of the molecule is Cc1csc(NC(=O)CSc2ccc(NC(=O)/C(=C/c3ccc(-c4ccc(Br)cc4)o3)NC(=O)c3ccccc3)cc2)n1. The van der Waals surface area contributed by atoms with Crippen molar-refractivity contribution in [2.24, 2.45) is 0 Å². The van der Waals surface area contributed by atoms with E-state index in [0.717, 1.165) is 20.6 Å². The standard InChI is InChI=1S/C32H25BrN4O4S2/c1-20-18-43-32(34-20)37-29(38)19-42-26-14-11-24(12-15-26)35-31(40)27(36-30(39)22-5-3-2-4-6-22)17-25-13-16-28(41-25)21-7-9-23(33)10-8-21/h2-18H,19H2,1H3,(H,35,40)(H,36,39)(H,34,37,38)/b27-17-. The quantitative estimate of drug-likeness (QED) is 0.104. The van der Waals surface area contributed by atoms with Gasteiger partial charge in [0, 0.05) is 37.6 Å². The lowest BCUT2D eigenvalue weighted by atomic mass is 10.2. The molecule has 216 valence electrons. The predicted molar refractivity (Wildman–Crippen MR) is 175 cm³/mol. The van der Waals surface area contributed by atoms with E-state index in [4.69, 9.17) is 4.42 Å². The fourth-order valence-corrected chi connectivity index (χ4v) is 5.50. The highest BCUT2D eigenvalue weighted by molar-refractivity contribution is 9.10. The normalized spacial score (nSPS) is 11.2. The van der Waals surface area contributed by atoms with Crippen LogP contribution in [0.4, 0.5) is 10.8 Å². The first kappa shape index (κ1) is 30.0. The Kier molecular flexibility index (Phi) is 9.88. The van der Waals surface area contributed by atoms with Crippen molar-refractivity contribution in [3.8, 4) is 11.3 Å². The fourth-order valence-electron chi connectivity index (χ4n) is 3.83. The molecule has 0 aliphatic rings. The van der Waals surface area contributed by atoms with Crippen LogP contribution in [-0.4, -0.2) is 28.5 Å². The minimum Gasteiger partial charge on any atom is -0.457 e. The number of hydrogen-bond donors (Lipinski definition) is 3. The Morgan fingerprint density at radius 1 is 0.930 bits per heavy atom. The van der Waals surface area contributed by atoms with Crippen LogP contribution in [0.25, 0.3) is 17.4 Å². The highest BCUT2D eigenvalue weighted by Crippen LogP contribution is 2.26. The van der Waals surface area contributed by atoms with E-state index in [0.29, 0.717) is 27.9 Å². The number of thiazole rings is 1. The second-order valence-electron chi connectivity index (χ2n) is 9.20. The maximum atomic E-state index is 13.4. The molecule has 0 bridgehead atoms. The summed E-state index contributed by atoms with van der Waals surface area (Å²) in [6, 6.07) is 26.9. The van der Waals surface area contributed by atoms with Crippen LogP contribution >= 0.6 is 39.0 Å². The molecule has 3 aromatic carbocycles. The van der Waals surface area contributed by atoms with Crippen LogP contribution in [0.15, 0.2) is 116 Å². The molecule has 0 aliphatic carbocycles. The molecule has 0 aliphatic heterocycles. The van der Waals surface area contributed by atoms with E-state index in [-0.39, 0.29) is 17.4 Å². The Balaban J connectivity index is 1.27. The van der Waals surface area contributed by atoms with E-state index in [1.54, 1.807) is 48.5 Å². The molecule has 5 aromatic rings. The largest absolute Gasteiger partial charge is 0.457 e. The number of thioether (sulfide) groups is 1. The first-order chi connectivity index (χ1) is 20.8. The van der Waals surface area contributed by atoms with Gasteiger partial charge in [0.15, 0.2) is 5.13 Å². The zero-order chi connectivity index (χ0) is 30.2. The number of carbonyl (C=O) groups excluding carboxylic acids is 3. The summed E-state index contributed by atoms with van der Waals surface area (Å²) in [5, 5.41) is 10.8. The Bertz CT molecular complexity index is 1770. The van der Waals surface area contributed by atoms with Crippen molar-refractivity contribution in [3.63, 3.8) is 0 Å². The average molecular weight is 674 g/mol. The summed E-state index contributed by atoms with van der Waals surface area (Å²) in [5.41, 5.74) is 2.67. The van der Waals surface area contributed by atoms with E-state index in [1.165, 1.54) is 29.2 Å². The lowest BCUT2D eigenvalue weighted by Crippen LogP contribution is -2.30. The van der Waals surface area contributed by atoms with Gasteiger partial charge in [0.25, 0.3) is 11.8 Å². The van der Waals surface area contributed by atoms with E-state index in [1.807, 2.05) is 54.8 Å². The Morgan fingerprint density at radius 3 is 2.37 bits per heavy atom. The molecule has 0 atom stereocenters. The number of hydrogen-bond acceptors (Lipinski definition) is 7. The number of aryl methyl sites for hydroxylation is 1. The van der Waals surface area contributed by atoms with Gasteiger partial charge in [0.2, 0.25) is 5.91 Å². The number of carbonyl (C=O) groups is 3. The van der Waals surface area contributed by atoms with Crippen molar-refractivity contribution in [2.45, 2.75) is 11.8 Å². The van der Waals surface area contributed by atoms with Crippen molar-refractivity contribution in [3.05, 3.63) is 124 Å². The van der Waals surface area contributed by atoms with Gasteiger partial charge in [-0.15, -0.1) is 23.1 Å². The molecule has 0 unspecified atom stereocenters. The third-order valence-corrected chi connectivity index (χ3v) is 8.33. The monoisotopic (exact) mass is 672 g/mol. The highest BCUT2D eigenvalue weighted by atomic mass is 79.9. The molecule has 2 heterocycles. The van der Waals surface area contributed by atoms with Gasteiger partial charge in [0.05, 0.1) is 11.4 Å². The van der Waals surface area contributed by atoms with Crippen molar-refractivity contribution >= 4 is 73.6 Å². The molecule has 5 rings (SSSR count). The van der Waals surface area contributed by atoms with Crippen LogP contribution in [0.3, 0.4) is 0 Å². The first-order valence-electron chi connectivity index (χ1n) is 13.0. The smallest absolute Gasteiger partial charge is 0.272 e. The van der Waals surface area contributed by atoms with E-state index in [9.17, 15) is 14.4 Å². The third-order valence-electron chi connectivity index (χ3n) is 5.92. The topological polar surface area (TPSA) is 113 Å². The number of halogens is 1. The van der Waals surface area contributed by atoms with Gasteiger partial charge in [-0.05, 0) is 67.6 Å². The molecular formula is C32H25BrN4O4S2. The van der Waals surface area contributed by atoms with Crippen LogP contribution in [0.2, 0.25) is 0 Å². The summed E-state index contributed by atoms with van der Waals surface area (Å²) in [4.78, 5) is 43.6. The maximum absolute atomic E-state index is 13.4. The summed E-state index contributed by atoms with van der Waals surface area (Å²) >= 11 is 6.17. The van der Waals surface area contributed by atoms with Gasteiger partial charge in [-0.3, -0.25) is 14.4 Å². The Morgan fingerprint density at radius 2 is 1.67 bits per heavy atom. The molecule has 3 N–H and O–H groups in total. The number of nitrogens with zero attached hydrogens (tertiary/aromatic N) is 1. The lowest BCUT2D eigenvalue weighted by Gasteiger charge is -2.11. The Labute approximate surface area is 264 Å². The predicted octanol–water partition coefficient (Wildman–Crippen LogP) is 7.61. The van der Waals surface area contributed by atoms with Crippen molar-refractivity contribution < 1.29 is 18.8 Å². The summed E-state index contributed by atoms with van der Waals surface area (Å²) in [5.74, 6) is 0.130. The van der Waals surface area contributed by atoms with Gasteiger partial charge in [0.1, 0.15) is 17.2 Å². The number of rotatable bonds is 10. The number of furan rings is 1. The molecule has 0 fully saturated rings. The highest BCUT2D eigenvalue weighted by Gasteiger charge is 2.17. The minimum absolute atomic E-state index is 0.0121. The van der Waals surface area contributed by atoms with Gasteiger partial charge in [-0.1, -0.05) is 46.3 Å². The number of amides is 3. The number of anilines is 2. The van der Waals surface area contributed by atoms with Gasteiger partial charge < -0.3 is 20.4 Å². The van der Waals surface area contributed by atoms with Crippen LogP contribution in [-0.2, 0) is 9.59 Å². The molecule has 3 amide bonds. The van der Waals surface area contributed by atoms with Crippen LogP contribution in [0.5, 0.6) is 0 Å². The van der Waals surface area contributed by atoms with E-state index >= 15 is 0 Å². The van der Waals surface area contributed by atoms with Crippen LogP contribution in [0, 0.1) is 6.92 Å². The minimum atomic E-state index is -0.524.